The van der Waals surface area contributed by atoms with Crippen molar-refractivity contribution in [3.8, 4) is 10.6 Å². The van der Waals surface area contributed by atoms with Gasteiger partial charge in [0.2, 0.25) is 0 Å². The van der Waals surface area contributed by atoms with Crippen molar-refractivity contribution in [1.29, 1.82) is 0 Å². The van der Waals surface area contributed by atoms with E-state index in [0.717, 1.165) is 4.88 Å². The zero-order chi connectivity index (χ0) is 20.2. The third kappa shape index (κ3) is 4.28. The molecular weight excluding hydrogens is 398 g/mol. The highest BCUT2D eigenvalue weighted by Crippen LogP contribution is 2.28. The molecule has 150 valence electrons. The number of nitro groups is 1. The number of aromatic nitrogens is 1. The number of nitrogens with zero attached hydrogens (tertiary/aromatic N) is 3. The van der Waals surface area contributed by atoms with Gasteiger partial charge in [-0.15, -0.1) is 11.3 Å². The fraction of sp³-hybridized carbons (Fsp3) is 0.263. The Kier molecular flexibility index (Phi) is 5.54. The summed E-state index contributed by atoms with van der Waals surface area (Å²) in [6.07, 6.45) is 0. The van der Waals surface area contributed by atoms with Crippen LogP contribution in [0.2, 0.25) is 0 Å². The lowest BCUT2D eigenvalue weighted by Gasteiger charge is -2.30. The highest BCUT2D eigenvalue weighted by molar-refractivity contribution is 7.13. The molecular formula is C19H17N3O6S. The van der Waals surface area contributed by atoms with Gasteiger partial charge >= 0.3 is 5.97 Å². The van der Waals surface area contributed by atoms with E-state index >= 15 is 0 Å². The molecule has 9 nitrogen and oxygen atoms in total. The number of non-ortho nitro benzene ring substituents is 1. The van der Waals surface area contributed by atoms with Gasteiger partial charge in [0, 0.05) is 31.3 Å². The molecule has 1 aliphatic rings. The van der Waals surface area contributed by atoms with Gasteiger partial charge in [-0.05, 0) is 17.5 Å². The van der Waals surface area contributed by atoms with Crippen molar-refractivity contribution in [3.63, 3.8) is 0 Å². The quantitative estimate of drug-likeness (QED) is 0.342. The van der Waals surface area contributed by atoms with E-state index in [1.165, 1.54) is 23.5 Å². The first-order valence-corrected chi connectivity index (χ1v) is 9.77. The molecule has 1 aliphatic heterocycles. The van der Waals surface area contributed by atoms with E-state index in [4.69, 9.17) is 14.0 Å². The number of benzene rings is 1. The molecule has 0 saturated carbocycles. The lowest BCUT2D eigenvalue weighted by atomic mass is 10.1. The first kappa shape index (κ1) is 19.1. The van der Waals surface area contributed by atoms with Crippen molar-refractivity contribution in [3.05, 3.63) is 63.1 Å². The summed E-state index contributed by atoms with van der Waals surface area (Å²) in [5.74, 6) is -0.0636. The number of hydrogen-bond donors (Lipinski definition) is 0. The van der Waals surface area contributed by atoms with E-state index in [-0.39, 0.29) is 17.9 Å². The molecule has 2 aromatic heterocycles. The van der Waals surface area contributed by atoms with Crippen molar-refractivity contribution in [1.82, 2.24) is 5.16 Å². The summed E-state index contributed by atoms with van der Waals surface area (Å²) < 4.78 is 16.0. The average Bonchev–Trinajstić information content (AvgIpc) is 3.44. The molecule has 3 heterocycles. The summed E-state index contributed by atoms with van der Waals surface area (Å²) in [6, 6.07) is 9.70. The van der Waals surface area contributed by atoms with Gasteiger partial charge in [0.1, 0.15) is 12.3 Å². The second kappa shape index (κ2) is 8.41. The first-order chi connectivity index (χ1) is 14.1. The Morgan fingerprint density at radius 2 is 2.10 bits per heavy atom. The number of rotatable bonds is 6. The van der Waals surface area contributed by atoms with Gasteiger partial charge in [0.15, 0.2) is 5.76 Å². The predicted molar refractivity (Wildman–Crippen MR) is 105 cm³/mol. The second-order valence-corrected chi connectivity index (χ2v) is 7.24. The summed E-state index contributed by atoms with van der Waals surface area (Å²) in [6.45, 7) is 2.13. The van der Waals surface area contributed by atoms with Crippen LogP contribution in [0.5, 0.6) is 0 Å². The van der Waals surface area contributed by atoms with Crippen LogP contribution in [0.4, 0.5) is 11.4 Å². The molecule has 0 radical (unpaired) electrons. The van der Waals surface area contributed by atoms with Crippen molar-refractivity contribution < 1.29 is 23.7 Å². The first-order valence-electron chi connectivity index (χ1n) is 8.89. The minimum atomic E-state index is -0.657. The van der Waals surface area contributed by atoms with Crippen molar-refractivity contribution in [2.75, 3.05) is 31.2 Å². The Labute approximate surface area is 169 Å². The van der Waals surface area contributed by atoms with E-state index in [9.17, 15) is 14.9 Å². The number of thiophene rings is 1. The van der Waals surface area contributed by atoms with Gasteiger partial charge in [-0.2, -0.15) is 0 Å². The minimum absolute atomic E-state index is 0.0983. The van der Waals surface area contributed by atoms with E-state index in [1.54, 1.807) is 12.1 Å². The van der Waals surface area contributed by atoms with Gasteiger partial charge in [0.25, 0.3) is 5.69 Å². The number of esters is 1. The highest BCUT2D eigenvalue weighted by Gasteiger charge is 2.23. The monoisotopic (exact) mass is 415 g/mol. The Morgan fingerprint density at radius 1 is 1.28 bits per heavy atom. The zero-order valence-corrected chi connectivity index (χ0v) is 16.1. The van der Waals surface area contributed by atoms with Crippen LogP contribution < -0.4 is 4.90 Å². The highest BCUT2D eigenvalue weighted by atomic mass is 32.1. The van der Waals surface area contributed by atoms with Gasteiger partial charge < -0.3 is 18.9 Å². The van der Waals surface area contributed by atoms with Crippen LogP contribution in [-0.2, 0) is 16.1 Å². The van der Waals surface area contributed by atoms with Crippen molar-refractivity contribution >= 4 is 28.7 Å². The molecule has 0 amide bonds. The van der Waals surface area contributed by atoms with Crippen molar-refractivity contribution in [2.45, 2.75) is 6.61 Å². The van der Waals surface area contributed by atoms with Crippen LogP contribution in [0.25, 0.3) is 10.6 Å². The van der Waals surface area contributed by atoms with Gasteiger partial charge in [0.05, 0.1) is 34.3 Å². The van der Waals surface area contributed by atoms with Crippen LogP contribution in [0.15, 0.2) is 46.3 Å². The smallest absolute Gasteiger partial charge is 0.340 e. The third-order valence-corrected chi connectivity index (χ3v) is 5.32. The molecule has 0 spiro atoms. The molecule has 3 aromatic rings. The number of carbonyl (C=O) groups excluding carboxylic acids is 1. The molecule has 4 rings (SSSR count). The largest absolute Gasteiger partial charge is 0.455 e. The van der Waals surface area contributed by atoms with Crippen LogP contribution in [-0.4, -0.2) is 42.4 Å². The fourth-order valence-electron chi connectivity index (χ4n) is 3.01. The number of carbonyl (C=O) groups is 1. The molecule has 10 heteroatoms. The molecule has 1 aromatic carbocycles. The maximum atomic E-state index is 12.7. The maximum Gasteiger partial charge on any atom is 0.340 e. The standard InChI is InChI=1S/C19H17N3O6S/c23-19(27-12-13-10-17(28-20-13)18-2-1-9-29-18)15-11-14(22(24)25)3-4-16(15)21-5-7-26-8-6-21/h1-4,9-11H,5-8,12H2. The van der Waals surface area contributed by atoms with E-state index in [1.807, 2.05) is 22.4 Å². The summed E-state index contributed by atoms with van der Waals surface area (Å²) in [5.41, 5.74) is 1.02. The molecule has 29 heavy (non-hydrogen) atoms. The summed E-state index contributed by atoms with van der Waals surface area (Å²) >= 11 is 1.51. The topological polar surface area (TPSA) is 108 Å². The lowest BCUT2D eigenvalue weighted by molar-refractivity contribution is -0.384. The third-order valence-electron chi connectivity index (χ3n) is 4.44. The van der Waals surface area contributed by atoms with E-state index in [0.29, 0.717) is 43.4 Å². The average molecular weight is 415 g/mol. The van der Waals surface area contributed by atoms with Gasteiger partial charge in [-0.1, -0.05) is 11.2 Å². The van der Waals surface area contributed by atoms with E-state index in [2.05, 4.69) is 5.16 Å². The van der Waals surface area contributed by atoms with Crippen LogP contribution in [0, 0.1) is 10.1 Å². The van der Waals surface area contributed by atoms with Crippen molar-refractivity contribution in [2.24, 2.45) is 0 Å². The SMILES string of the molecule is O=C(OCc1cc(-c2cccs2)on1)c1cc([N+](=O)[O-])ccc1N1CCOCC1. The minimum Gasteiger partial charge on any atom is -0.455 e. The summed E-state index contributed by atoms with van der Waals surface area (Å²) in [4.78, 5) is 26.2. The zero-order valence-electron chi connectivity index (χ0n) is 15.3. The Morgan fingerprint density at radius 3 is 2.83 bits per heavy atom. The molecule has 0 unspecified atom stereocenters. The number of nitro benzene ring substituents is 1. The molecule has 1 fully saturated rings. The van der Waals surface area contributed by atoms with E-state index < -0.39 is 10.9 Å². The number of anilines is 1. The Balaban J connectivity index is 1.52. The van der Waals surface area contributed by atoms with Gasteiger partial charge in [-0.3, -0.25) is 10.1 Å². The molecule has 0 atom stereocenters. The lowest BCUT2D eigenvalue weighted by Crippen LogP contribution is -2.37. The Hall–Kier alpha value is -3.24. The molecule has 0 bridgehead atoms. The van der Waals surface area contributed by atoms with Gasteiger partial charge in [-0.25, -0.2) is 4.79 Å². The molecule has 0 N–H and O–H groups in total. The number of hydrogen-bond acceptors (Lipinski definition) is 9. The predicted octanol–water partition coefficient (Wildman–Crippen LogP) is 3.50. The number of ether oxygens (including phenoxy) is 2. The molecule has 1 saturated heterocycles. The normalized spacial score (nSPS) is 14.0. The van der Waals surface area contributed by atoms with Crippen LogP contribution >= 0.6 is 11.3 Å². The second-order valence-electron chi connectivity index (χ2n) is 6.29. The van der Waals surface area contributed by atoms with Crippen LogP contribution in [0.1, 0.15) is 16.1 Å². The fourth-order valence-corrected chi connectivity index (χ4v) is 3.69. The Bertz CT molecular complexity index is 1010. The number of morpholine rings is 1. The molecule has 0 aliphatic carbocycles. The summed E-state index contributed by atoms with van der Waals surface area (Å²) in [7, 11) is 0. The van der Waals surface area contributed by atoms with Crippen LogP contribution in [0.3, 0.4) is 0 Å². The summed E-state index contributed by atoms with van der Waals surface area (Å²) in [5, 5.41) is 17.0. The maximum absolute atomic E-state index is 12.7.